The van der Waals surface area contributed by atoms with Gasteiger partial charge in [-0.3, -0.25) is 0 Å². The molecule has 0 unspecified atom stereocenters. The minimum atomic E-state index is 0.605. The van der Waals surface area contributed by atoms with Crippen molar-refractivity contribution < 1.29 is 4.42 Å². The lowest BCUT2D eigenvalue weighted by Gasteiger charge is -2.13. The third-order valence-corrected chi connectivity index (χ3v) is 12.4. The van der Waals surface area contributed by atoms with Crippen molar-refractivity contribution in [3.63, 3.8) is 0 Å². The summed E-state index contributed by atoms with van der Waals surface area (Å²) in [5.41, 5.74) is 9.66. The first-order valence-electron chi connectivity index (χ1n) is 19.3. The highest BCUT2D eigenvalue weighted by Gasteiger charge is 2.20. The highest BCUT2D eigenvalue weighted by molar-refractivity contribution is 7.26. The molecule has 0 aliphatic carbocycles. The van der Waals surface area contributed by atoms with Crippen LogP contribution in [-0.2, 0) is 0 Å². The van der Waals surface area contributed by atoms with E-state index in [4.69, 9.17) is 24.4 Å². The van der Waals surface area contributed by atoms with E-state index in [1.165, 1.54) is 25.6 Å². The summed E-state index contributed by atoms with van der Waals surface area (Å²) in [4.78, 5) is 20.7. The van der Waals surface area contributed by atoms with E-state index < -0.39 is 0 Å². The van der Waals surface area contributed by atoms with Crippen molar-refractivity contribution >= 4 is 75.1 Å². The van der Waals surface area contributed by atoms with E-state index in [1.807, 2.05) is 53.8 Å². The Kier molecular flexibility index (Phi) is 7.33. The molecular formula is C52H30N4OS. The van der Waals surface area contributed by atoms with Crippen LogP contribution in [0.15, 0.2) is 186 Å². The molecule has 270 valence electrons. The molecule has 58 heavy (non-hydrogen) atoms. The number of rotatable bonds is 5. The van der Waals surface area contributed by atoms with Gasteiger partial charge < -0.3 is 4.42 Å². The van der Waals surface area contributed by atoms with Crippen LogP contribution in [0.4, 0.5) is 0 Å². The first kappa shape index (κ1) is 32.7. The molecule has 0 aliphatic heterocycles. The maximum atomic E-state index is 6.49. The minimum Gasteiger partial charge on any atom is -0.455 e. The van der Waals surface area contributed by atoms with E-state index in [0.717, 1.165) is 77.3 Å². The van der Waals surface area contributed by atoms with Gasteiger partial charge in [0.05, 0.1) is 11.2 Å². The summed E-state index contributed by atoms with van der Waals surface area (Å²) in [6.07, 6.45) is 0. The quantitative estimate of drug-likeness (QED) is 0.175. The van der Waals surface area contributed by atoms with Gasteiger partial charge in [0, 0.05) is 64.1 Å². The van der Waals surface area contributed by atoms with Gasteiger partial charge in [-0.1, -0.05) is 158 Å². The molecule has 0 radical (unpaired) electrons. The third kappa shape index (κ3) is 5.16. The van der Waals surface area contributed by atoms with Gasteiger partial charge >= 0.3 is 0 Å². The van der Waals surface area contributed by atoms with Crippen LogP contribution >= 0.6 is 11.3 Å². The van der Waals surface area contributed by atoms with Crippen LogP contribution in [0.25, 0.3) is 120 Å². The van der Waals surface area contributed by atoms with Crippen LogP contribution in [0, 0.1) is 0 Å². The van der Waals surface area contributed by atoms with Crippen molar-refractivity contribution in [2.75, 3.05) is 0 Å². The standard InChI is InChI=1S/C52H30N4OS/c1-2-13-32(14-3-1)50-54-51(33-27-25-31(26-28-33)47-46-42-19-8-11-24-45(42)58-49(46)41-18-6-9-22-43(41)53-47)56-52(55-50)40-30-29-36(34-15-4-5-16-35(34)40)38-20-12-21-39-37-17-7-10-23-44(37)57-48(38)39/h1-30H. The van der Waals surface area contributed by atoms with Gasteiger partial charge in [0.1, 0.15) is 11.2 Å². The summed E-state index contributed by atoms with van der Waals surface area (Å²) in [6, 6.07) is 63.1. The maximum Gasteiger partial charge on any atom is 0.164 e. The van der Waals surface area contributed by atoms with Crippen LogP contribution < -0.4 is 0 Å². The number of hydrogen-bond donors (Lipinski definition) is 0. The van der Waals surface area contributed by atoms with Crippen LogP contribution in [0.1, 0.15) is 0 Å². The fourth-order valence-electron chi connectivity index (χ4n) is 8.43. The van der Waals surface area contributed by atoms with Crippen LogP contribution in [0.5, 0.6) is 0 Å². The Balaban J connectivity index is 1.01. The second-order valence-electron chi connectivity index (χ2n) is 14.5. The molecule has 0 N–H and O–H groups in total. The largest absolute Gasteiger partial charge is 0.455 e. The SMILES string of the molecule is c1ccc(-c2nc(-c3ccc(-c4nc5ccccc5c5sc6ccccc6c45)cc3)nc(-c3ccc(-c4cccc5c4oc4ccccc45)c4ccccc34)n2)cc1. The molecule has 4 aromatic heterocycles. The third-order valence-electron chi connectivity index (χ3n) is 11.2. The molecule has 12 rings (SSSR count). The Labute approximate surface area is 336 Å². The Morgan fingerprint density at radius 2 is 0.948 bits per heavy atom. The normalized spacial score (nSPS) is 11.8. The van der Waals surface area contributed by atoms with Crippen LogP contribution in [-0.4, -0.2) is 19.9 Å². The van der Waals surface area contributed by atoms with Gasteiger partial charge in [-0.15, -0.1) is 11.3 Å². The molecule has 0 saturated carbocycles. The highest BCUT2D eigenvalue weighted by Crippen LogP contribution is 2.44. The molecule has 5 nitrogen and oxygen atoms in total. The lowest BCUT2D eigenvalue weighted by atomic mass is 9.93. The zero-order valence-corrected chi connectivity index (χ0v) is 31.7. The van der Waals surface area contributed by atoms with Crippen LogP contribution in [0.3, 0.4) is 0 Å². The number of para-hydroxylation sites is 3. The van der Waals surface area contributed by atoms with Crippen molar-refractivity contribution in [1.82, 2.24) is 19.9 Å². The zero-order chi connectivity index (χ0) is 38.2. The second-order valence-corrected chi connectivity index (χ2v) is 15.6. The van der Waals surface area contributed by atoms with Gasteiger partial charge in [0.2, 0.25) is 0 Å². The molecule has 0 amide bonds. The second kappa shape index (κ2) is 13.0. The average Bonchev–Trinajstić information content (AvgIpc) is 3.88. The smallest absolute Gasteiger partial charge is 0.164 e. The summed E-state index contributed by atoms with van der Waals surface area (Å²) in [5, 5.41) is 7.95. The molecule has 6 heteroatoms. The topological polar surface area (TPSA) is 64.7 Å². The summed E-state index contributed by atoms with van der Waals surface area (Å²) in [7, 11) is 0. The fourth-order valence-corrected chi connectivity index (χ4v) is 9.66. The number of furan rings is 1. The number of hydrogen-bond acceptors (Lipinski definition) is 6. The molecule has 8 aromatic carbocycles. The molecule has 0 saturated heterocycles. The van der Waals surface area contributed by atoms with Gasteiger partial charge in [-0.05, 0) is 40.6 Å². The Bertz CT molecular complexity index is 3570. The minimum absolute atomic E-state index is 0.605. The average molecular weight is 759 g/mol. The summed E-state index contributed by atoms with van der Waals surface area (Å²) in [5.74, 6) is 1.83. The molecule has 12 aromatic rings. The number of fused-ring (bicyclic) bond motifs is 9. The number of nitrogens with zero attached hydrogens (tertiary/aromatic N) is 4. The van der Waals surface area contributed by atoms with Crippen molar-refractivity contribution in [1.29, 1.82) is 0 Å². The first-order valence-corrected chi connectivity index (χ1v) is 20.1. The predicted octanol–water partition coefficient (Wildman–Crippen LogP) is 14.2. The lowest BCUT2D eigenvalue weighted by molar-refractivity contribution is 0.670. The zero-order valence-electron chi connectivity index (χ0n) is 30.9. The van der Waals surface area contributed by atoms with E-state index in [2.05, 4.69) is 140 Å². The molecule has 0 aliphatic rings. The predicted molar refractivity (Wildman–Crippen MR) is 240 cm³/mol. The Morgan fingerprint density at radius 3 is 1.76 bits per heavy atom. The van der Waals surface area contributed by atoms with Gasteiger partial charge in [-0.2, -0.15) is 0 Å². The number of pyridine rings is 1. The highest BCUT2D eigenvalue weighted by atomic mass is 32.1. The summed E-state index contributed by atoms with van der Waals surface area (Å²) >= 11 is 1.83. The van der Waals surface area contributed by atoms with Crippen molar-refractivity contribution in [3.8, 4) is 56.5 Å². The molecule has 0 spiro atoms. The van der Waals surface area contributed by atoms with E-state index in [-0.39, 0.29) is 0 Å². The molecular weight excluding hydrogens is 729 g/mol. The first-order chi connectivity index (χ1) is 28.7. The summed E-state index contributed by atoms with van der Waals surface area (Å²) < 4.78 is 9.00. The monoisotopic (exact) mass is 758 g/mol. The maximum absolute atomic E-state index is 6.49. The Morgan fingerprint density at radius 1 is 0.362 bits per heavy atom. The van der Waals surface area contributed by atoms with Crippen molar-refractivity contribution in [3.05, 3.63) is 182 Å². The molecule has 4 heterocycles. The van der Waals surface area contributed by atoms with Gasteiger partial charge in [0.15, 0.2) is 17.5 Å². The Hall–Kier alpha value is -7.54. The van der Waals surface area contributed by atoms with Crippen molar-refractivity contribution in [2.24, 2.45) is 0 Å². The van der Waals surface area contributed by atoms with E-state index in [1.54, 1.807) is 0 Å². The van der Waals surface area contributed by atoms with Gasteiger partial charge in [-0.25, -0.2) is 19.9 Å². The molecule has 0 fully saturated rings. The van der Waals surface area contributed by atoms with Crippen molar-refractivity contribution in [2.45, 2.75) is 0 Å². The molecule has 0 atom stereocenters. The van der Waals surface area contributed by atoms with Crippen LogP contribution in [0.2, 0.25) is 0 Å². The summed E-state index contributed by atoms with van der Waals surface area (Å²) in [6.45, 7) is 0. The van der Waals surface area contributed by atoms with E-state index >= 15 is 0 Å². The molecule has 0 bridgehead atoms. The van der Waals surface area contributed by atoms with Gasteiger partial charge in [0.25, 0.3) is 0 Å². The fraction of sp³-hybridized carbons (Fsp3) is 0. The van der Waals surface area contributed by atoms with E-state index in [0.29, 0.717) is 17.5 Å². The van der Waals surface area contributed by atoms with E-state index in [9.17, 15) is 0 Å². The number of benzene rings is 8. The number of aromatic nitrogens is 4. The number of thiophene rings is 1. The lowest BCUT2D eigenvalue weighted by Crippen LogP contribution is -2.01.